The van der Waals surface area contributed by atoms with Crippen LogP contribution in [-0.2, 0) is 6.54 Å². The molecule has 1 amide bonds. The number of thiazole rings is 1. The highest BCUT2D eigenvalue weighted by molar-refractivity contribution is 7.16. The third kappa shape index (κ3) is 3.22. The molecular formula is C25H18N2O5S. The minimum Gasteiger partial charge on any atom is -0.454 e. The molecule has 164 valence electrons. The van der Waals surface area contributed by atoms with Gasteiger partial charge in [-0.25, -0.2) is 4.79 Å². The first-order valence-electron chi connectivity index (χ1n) is 10.6. The minimum atomic E-state index is -0.699. The molecule has 3 heterocycles. The van der Waals surface area contributed by atoms with Crippen molar-refractivity contribution in [2.24, 2.45) is 4.99 Å². The first-order valence-corrected chi connectivity index (χ1v) is 11.4. The maximum absolute atomic E-state index is 13.2. The number of hydrogen-bond acceptors (Lipinski definition) is 6. The molecule has 33 heavy (non-hydrogen) atoms. The molecule has 0 unspecified atom stereocenters. The number of hydrogen-bond donors (Lipinski definition) is 0. The number of amides is 1. The van der Waals surface area contributed by atoms with Crippen LogP contribution >= 0.6 is 11.3 Å². The molecule has 0 N–H and O–H groups in total. The Bertz CT molecular complexity index is 1710. The first kappa shape index (κ1) is 19.8. The second-order valence-electron chi connectivity index (χ2n) is 7.77. The van der Waals surface area contributed by atoms with E-state index in [9.17, 15) is 9.59 Å². The smallest absolute Gasteiger partial charge is 0.349 e. The van der Waals surface area contributed by atoms with Crippen LogP contribution in [0.5, 0.6) is 11.5 Å². The van der Waals surface area contributed by atoms with Gasteiger partial charge in [0.1, 0.15) is 11.1 Å². The highest BCUT2D eigenvalue weighted by Gasteiger charge is 2.19. The Morgan fingerprint density at radius 3 is 2.73 bits per heavy atom. The number of fused-ring (bicyclic) bond motifs is 5. The molecule has 6 rings (SSSR count). The predicted molar refractivity (Wildman–Crippen MR) is 126 cm³/mol. The van der Waals surface area contributed by atoms with Crippen LogP contribution in [0.3, 0.4) is 0 Å². The zero-order valence-electron chi connectivity index (χ0n) is 17.7. The van der Waals surface area contributed by atoms with Crippen molar-refractivity contribution in [1.29, 1.82) is 0 Å². The maximum atomic E-state index is 13.2. The summed E-state index contributed by atoms with van der Waals surface area (Å²) in [5, 5.41) is 2.61. The molecule has 5 aromatic rings. The lowest BCUT2D eigenvalue weighted by Crippen LogP contribution is -2.19. The summed E-state index contributed by atoms with van der Waals surface area (Å²) < 4.78 is 19.4. The van der Waals surface area contributed by atoms with Crippen LogP contribution in [0.15, 0.2) is 68.8 Å². The van der Waals surface area contributed by atoms with E-state index in [-0.39, 0.29) is 12.4 Å². The number of aryl methyl sites for hydroxylation is 1. The Labute approximate surface area is 191 Å². The molecule has 0 saturated carbocycles. The maximum Gasteiger partial charge on any atom is 0.349 e. The summed E-state index contributed by atoms with van der Waals surface area (Å²) in [5.74, 6) is 0.715. The third-order valence-corrected chi connectivity index (χ3v) is 6.73. The lowest BCUT2D eigenvalue weighted by atomic mass is 10.0. The molecule has 8 heteroatoms. The number of ether oxygens (including phenoxy) is 2. The summed E-state index contributed by atoms with van der Waals surface area (Å²) in [4.78, 5) is 30.7. The normalized spacial score (nSPS) is 13.4. The van der Waals surface area contributed by atoms with Gasteiger partial charge in [0.25, 0.3) is 5.91 Å². The second kappa shape index (κ2) is 7.60. The zero-order valence-corrected chi connectivity index (χ0v) is 18.5. The van der Waals surface area contributed by atoms with Crippen LogP contribution in [0, 0.1) is 0 Å². The summed E-state index contributed by atoms with van der Waals surface area (Å²) in [6, 6.07) is 16.8. The molecule has 7 nitrogen and oxygen atoms in total. The quantitative estimate of drug-likeness (QED) is 0.285. The van der Waals surface area contributed by atoms with Gasteiger partial charge < -0.3 is 18.5 Å². The average Bonchev–Trinajstić information content (AvgIpc) is 3.41. The van der Waals surface area contributed by atoms with Crippen molar-refractivity contribution in [3.63, 3.8) is 0 Å². The van der Waals surface area contributed by atoms with Crippen LogP contribution in [-0.4, -0.2) is 17.3 Å². The average molecular weight is 458 g/mol. The summed E-state index contributed by atoms with van der Waals surface area (Å²) in [7, 11) is 0. The van der Waals surface area contributed by atoms with E-state index >= 15 is 0 Å². The van der Waals surface area contributed by atoms with Gasteiger partial charge in [0.05, 0.1) is 10.2 Å². The summed E-state index contributed by atoms with van der Waals surface area (Å²) in [5.41, 5.74) is 0.561. The standard InChI is InChI=1S/C25H18N2O5S/c1-2-9-27-18-11-20-21(31-13-30-20)12-22(18)33-25(27)26-23(28)17-10-16-15-6-4-3-5-14(15)7-8-19(16)32-24(17)29/h3-8,10-12H,2,9,13H2,1H3. The number of benzene rings is 3. The first-order chi connectivity index (χ1) is 16.1. The Balaban J connectivity index is 1.53. The number of carbonyl (C=O) groups is 1. The van der Waals surface area contributed by atoms with Gasteiger partial charge in [-0.05, 0) is 29.3 Å². The van der Waals surface area contributed by atoms with E-state index in [0.29, 0.717) is 33.8 Å². The van der Waals surface area contributed by atoms with E-state index in [2.05, 4.69) is 11.9 Å². The molecule has 1 aliphatic rings. The van der Waals surface area contributed by atoms with Crippen LogP contribution in [0.25, 0.3) is 32.0 Å². The Hall–Kier alpha value is -3.91. The van der Waals surface area contributed by atoms with E-state index in [1.165, 1.54) is 11.3 Å². The van der Waals surface area contributed by atoms with E-state index in [0.717, 1.165) is 27.4 Å². The van der Waals surface area contributed by atoms with Gasteiger partial charge >= 0.3 is 5.63 Å². The Morgan fingerprint density at radius 1 is 1.06 bits per heavy atom. The van der Waals surface area contributed by atoms with Gasteiger partial charge in [0.15, 0.2) is 16.3 Å². The van der Waals surface area contributed by atoms with Gasteiger partial charge in [-0.15, -0.1) is 0 Å². The minimum absolute atomic E-state index is 0.0893. The third-order valence-electron chi connectivity index (χ3n) is 5.69. The Morgan fingerprint density at radius 2 is 1.88 bits per heavy atom. The van der Waals surface area contributed by atoms with E-state index < -0.39 is 11.5 Å². The van der Waals surface area contributed by atoms with Crippen LogP contribution in [0.4, 0.5) is 0 Å². The van der Waals surface area contributed by atoms with Crippen molar-refractivity contribution in [1.82, 2.24) is 4.57 Å². The molecule has 0 fully saturated rings. The number of carbonyl (C=O) groups excluding carboxylic acids is 1. The van der Waals surface area contributed by atoms with Gasteiger partial charge in [0, 0.05) is 24.1 Å². The van der Waals surface area contributed by atoms with Crippen molar-refractivity contribution < 1.29 is 18.7 Å². The molecule has 0 radical (unpaired) electrons. The molecule has 0 bridgehead atoms. The van der Waals surface area contributed by atoms with Crippen molar-refractivity contribution in [2.45, 2.75) is 19.9 Å². The summed E-state index contributed by atoms with van der Waals surface area (Å²) >= 11 is 1.37. The molecule has 3 aromatic carbocycles. The molecule has 0 spiro atoms. The Kier molecular flexibility index (Phi) is 4.55. The lowest BCUT2D eigenvalue weighted by Gasteiger charge is -2.04. The van der Waals surface area contributed by atoms with Gasteiger partial charge in [-0.2, -0.15) is 4.99 Å². The van der Waals surface area contributed by atoms with Gasteiger partial charge in [-0.1, -0.05) is 48.6 Å². The van der Waals surface area contributed by atoms with Crippen molar-refractivity contribution in [3.8, 4) is 11.5 Å². The fourth-order valence-electron chi connectivity index (χ4n) is 4.15. The van der Waals surface area contributed by atoms with Crippen LogP contribution in [0.2, 0.25) is 0 Å². The molecule has 0 atom stereocenters. The number of rotatable bonds is 3. The second-order valence-corrected chi connectivity index (χ2v) is 8.78. The fourth-order valence-corrected chi connectivity index (χ4v) is 5.22. The van der Waals surface area contributed by atoms with E-state index in [4.69, 9.17) is 13.9 Å². The fraction of sp³-hybridized carbons (Fsp3) is 0.160. The molecule has 0 aliphatic carbocycles. The lowest BCUT2D eigenvalue weighted by molar-refractivity contribution is 0.0994. The number of nitrogens with zero attached hydrogens (tertiary/aromatic N) is 2. The summed E-state index contributed by atoms with van der Waals surface area (Å²) in [6.07, 6.45) is 0.853. The van der Waals surface area contributed by atoms with Crippen molar-refractivity contribution in [3.05, 3.63) is 75.4 Å². The monoisotopic (exact) mass is 458 g/mol. The van der Waals surface area contributed by atoms with E-state index in [1.54, 1.807) is 12.1 Å². The molecular weight excluding hydrogens is 440 g/mol. The van der Waals surface area contributed by atoms with Gasteiger partial charge in [0.2, 0.25) is 6.79 Å². The molecule has 1 aliphatic heterocycles. The van der Waals surface area contributed by atoms with Crippen LogP contribution < -0.4 is 19.9 Å². The molecule has 2 aromatic heterocycles. The number of aromatic nitrogens is 1. The highest BCUT2D eigenvalue weighted by atomic mass is 32.1. The summed E-state index contributed by atoms with van der Waals surface area (Å²) in [6.45, 7) is 2.92. The van der Waals surface area contributed by atoms with E-state index in [1.807, 2.05) is 47.0 Å². The predicted octanol–water partition coefficient (Wildman–Crippen LogP) is 4.84. The van der Waals surface area contributed by atoms with Crippen LogP contribution in [0.1, 0.15) is 23.7 Å². The largest absolute Gasteiger partial charge is 0.454 e. The van der Waals surface area contributed by atoms with Crippen molar-refractivity contribution in [2.75, 3.05) is 6.79 Å². The molecule has 0 saturated heterocycles. The zero-order chi connectivity index (χ0) is 22.5. The van der Waals surface area contributed by atoms with Gasteiger partial charge in [-0.3, -0.25) is 4.79 Å². The SMILES string of the molecule is CCCn1c(=NC(=O)c2cc3c(ccc4ccccc43)oc2=O)sc2cc3c(cc21)OCO3. The van der Waals surface area contributed by atoms with Crippen molar-refractivity contribution >= 4 is 49.2 Å². The highest BCUT2D eigenvalue weighted by Crippen LogP contribution is 2.37. The topological polar surface area (TPSA) is 83.0 Å².